The fourth-order valence-electron chi connectivity index (χ4n) is 2.51. The van der Waals surface area contributed by atoms with Gasteiger partial charge in [-0.1, -0.05) is 6.92 Å². The molecule has 0 amide bonds. The highest BCUT2D eigenvalue weighted by atomic mass is 79.9. The number of carboxylic acids is 1. The van der Waals surface area contributed by atoms with Crippen LogP contribution in [0.25, 0.3) is 0 Å². The van der Waals surface area contributed by atoms with Crippen LogP contribution in [0.1, 0.15) is 19.8 Å². The Morgan fingerprint density at radius 2 is 2.25 bits per heavy atom. The molecule has 1 heterocycles. The Morgan fingerprint density at radius 3 is 2.80 bits per heavy atom. The predicted molar refractivity (Wildman–Crippen MR) is 78.0 cm³/mol. The number of anilines is 1. The number of non-ortho nitro benzene ring substituents is 1. The van der Waals surface area contributed by atoms with Gasteiger partial charge in [-0.15, -0.1) is 0 Å². The van der Waals surface area contributed by atoms with Crippen molar-refractivity contribution < 1.29 is 14.8 Å². The van der Waals surface area contributed by atoms with Gasteiger partial charge in [0.2, 0.25) is 0 Å². The van der Waals surface area contributed by atoms with Crippen LogP contribution >= 0.6 is 15.9 Å². The lowest BCUT2D eigenvalue weighted by molar-refractivity contribution is -0.384. The molecule has 0 aromatic heterocycles. The predicted octanol–water partition coefficient (Wildman–Crippen LogP) is 3.05. The highest BCUT2D eigenvalue weighted by Crippen LogP contribution is 2.35. The molecule has 1 aromatic carbocycles. The van der Waals surface area contributed by atoms with Crippen molar-refractivity contribution in [2.75, 3.05) is 11.4 Å². The van der Waals surface area contributed by atoms with Crippen molar-refractivity contribution in [2.45, 2.75) is 25.8 Å². The topological polar surface area (TPSA) is 83.7 Å². The molecule has 2 unspecified atom stereocenters. The van der Waals surface area contributed by atoms with Crippen molar-refractivity contribution in [3.8, 4) is 0 Å². The van der Waals surface area contributed by atoms with Gasteiger partial charge in [-0.05, 0) is 40.8 Å². The van der Waals surface area contributed by atoms with E-state index in [4.69, 9.17) is 0 Å². The maximum Gasteiger partial charge on any atom is 0.326 e. The van der Waals surface area contributed by atoms with Crippen LogP contribution in [-0.4, -0.2) is 28.6 Å². The van der Waals surface area contributed by atoms with Gasteiger partial charge in [-0.3, -0.25) is 10.1 Å². The molecule has 0 aliphatic carbocycles. The quantitative estimate of drug-likeness (QED) is 0.674. The number of benzene rings is 1. The summed E-state index contributed by atoms with van der Waals surface area (Å²) in [5, 5.41) is 20.1. The number of piperidine rings is 1. The van der Waals surface area contributed by atoms with E-state index in [-0.39, 0.29) is 5.69 Å². The molecular formula is C13H15BrN2O4. The summed E-state index contributed by atoms with van der Waals surface area (Å²) in [7, 11) is 0. The molecular weight excluding hydrogens is 328 g/mol. The molecule has 20 heavy (non-hydrogen) atoms. The zero-order valence-corrected chi connectivity index (χ0v) is 12.5. The normalized spacial score (nSPS) is 22.6. The molecule has 0 bridgehead atoms. The first-order valence-corrected chi connectivity index (χ1v) is 7.13. The number of carbonyl (C=O) groups is 1. The highest BCUT2D eigenvalue weighted by molar-refractivity contribution is 9.10. The molecule has 0 spiro atoms. The Labute approximate surface area is 124 Å². The van der Waals surface area contributed by atoms with Crippen molar-refractivity contribution in [3.05, 3.63) is 32.8 Å². The third-order valence-electron chi connectivity index (χ3n) is 3.60. The van der Waals surface area contributed by atoms with Crippen molar-refractivity contribution in [1.82, 2.24) is 0 Å². The average Bonchev–Trinajstić information content (AvgIpc) is 2.38. The van der Waals surface area contributed by atoms with E-state index in [2.05, 4.69) is 15.9 Å². The molecule has 1 fully saturated rings. The number of hydrogen-bond acceptors (Lipinski definition) is 4. The first kappa shape index (κ1) is 14.8. The molecule has 0 radical (unpaired) electrons. The zero-order valence-electron chi connectivity index (χ0n) is 11.0. The molecule has 1 saturated heterocycles. The standard InChI is InChI=1S/C13H15BrN2O4/c1-8-4-5-15(12(6-8)13(17)18)11-3-2-9(16(19)20)7-10(11)14/h2-3,7-8,12H,4-6H2,1H3,(H,17,18). The fourth-order valence-corrected chi connectivity index (χ4v) is 3.10. The Kier molecular flexibility index (Phi) is 4.27. The number of hydrogen-bond donors (Lipinski definition) is 1. The maximum absolute atomic E-state index is 11.4. The molecule has 1 aliphatic heterocycles. The second-order valence-corrected chi connectivity index (χ2v) is 5.92. The third kappa shape index (κ3) is 2.92. The lowest BCUT2D eigenvalue weighted by atomic mass is 9.92. The fraction of sp³-hybridized carbons (Fsp3) is 0.462. The Morgan fingerprint density at radius 1 is 1.55 bits per heavy atom. The van der Waals surface area contributed by atoms with Gasteiger partial charge in [0, 0.05) is 23.2 Å². The van der Waals surface area contributed by atoms with Crippen LogP contribution in [-0.2, 0) is 4.79 Å². The largest absolute Gasteiger partial charge is 0.480 e. The van der Waals surface area contributed by atoms with Crippen molar-refractivity contribution in [3.63, 3.8) is 0 Å². The van der Waals surface area contributed by atoms with E-state index in [1.165, 1.54) is 12.1 Å². The first-order chi connectivity index (χ1) is 9.40. The Hall–Kier alpha value is -1.63. The van der Waals surface area contributed by atoms with Crippen LogP contribution in [0.15, 0.2) is 22.7 Å². The summed E-state index contributed by atoms with van der Waals surface area (Å²) >= 11 is 3.30. The van der Waals surface area contributed by atoms with Crippen LogP contribution in [0.5, 0.6) is 0 Å². The second-order valence-electron chi connectivity index (χ2n) is 5.07. The summed E-state index contributed by atoms with van der Waals surface area (Å²) < 4.78 is 0.549. The number of aliphatic carboxylic acids is 1. The smallest absolute Gasteiger partial charge is 0.326 e. The van der Waals surface area contributed by atoms with Gasteiger partial charge in [0.05, 0.1) is 10.6 Å². The van der Waals surface area contributed by atoms with E-state index in [9.17, 15) is 20.0 Å². The first-order valence-electron chi connectivity index (χ1n) is 6.33. The van der Waals surface area contributed by atoms with Gasteiger partial charge >= 0.3 is 5.97 Å². The maximum atomic E-state index is 11.4. The molecule has 0 saturated carbocycles. The minimum Gasteiger partial charge on any atom is -0.480 e. The van der Waals surface area contributed by atoms with E-state index in [1.807, 2.05) is 6.92 Å². The van der Waals surface area contributed by atoms with Crippen molar-refractivity contribution in [2.24, 2.45) is 5.92 Å². The number of nitro benzene ring substituents is 1. The van der Waals surface area contributed by atoms with E-state index in [1.54, 1.807) is 11.0 Å². The lowest BCUT2D eigenvalue weighted by Gasteiger charge is -2.38. The molecule has 1 aromatic rings. The second kappa shape index (κ2) is 5.78. The summed E-state index contributed by atoms with van der Waals surface area (Å²) in [6.45, 7) is 2.67. The Bertz CT molecular complexity index is 549. The monoisotopic (exact) mass is 342 g/mol. The van der Waals surface area contributed by atoms with E-state index < -0.39 is 16.9 Å². The van der Waals surface area contributed by atoms with Gasteiger partial charge in [0.1, 0.15) is 6.04 Å². The number of nitrogens with zero attached hydrogens (tertiary/aromatic N) is 2. The molecule has 6 nitrogen and oxygen atoms in total. The average molecular weight is 343 g/mol. The minimum atomic E-state index is -0.859. The van der Waals surface area contributed by atoms with Crippen LogP contribution in [0, 0.1) is 16.0 Å². The zero-order chi connectivity index (χ0) is 14.9. The minimum absolute atomic E-state index is 0.0159. The Balaban J connectivity index is 2.34. The van der Waals surface area contributed by atoms with E-state index >= 15 is 0 Å². The van der Waals surface area contributed by atoms with Crippen LogP contribution in [0.2, 0.25) is 0 Å². The van der Waals surface area contributed by atoms with Crippen LogP contribution in [0.3, 0.4) is 0 Å². The van der Waals surface area contributed by atoms with Gasteiger partial charge < -0.3 is 10.0 Å². The highest BCUT2D eigenvalue weighted by Gasteiger charge is 2.33. The number of carboxylic acid groups (broad SMARTS) is 1. The van der Waals surface area contributed by atoms with Gasteiger partial charge in [0.25, 0.3) is 5.69 Å². The molecule has 108 valence electrons. The van der Waals surface area contributed by atoms with E-state index in [0.717, 1.165) is 6.42 Å². The summed E-state index contributed by atoms with van der Waals surface area (Å²) in [5.41, 5.74) is 0.674. The molecule has 1 aliphatic rings. The molecule has 2 rings (SSSR count). The number of halogens is 1. The number of rotatable bonds is 3. The van der Waals surface area contributed by atoms with Crippen LogP contribution < -0.4 is 4.90 Å². The lowest BCUT2D eigenvalue weighted by Crippen LogP contribution is -2.47. The summed E-state index contributed by atoms with van der Waals surface area (Å²) in [5.74, 6) is -0.494. The molecule has 2 atom stereocenters. The summed E-state index contributed by atoms with van der Waals surface area (Å²) in [4.78, 5) is 23.5. The third-order valence-corrected chi connectivity index (χ3v) is 4.24. The van der Waals surface area contributed by atoms with Gasteiger partial charge in [-0.25, -0.2) is 4.79 Å². The number of nitro groups is 1. The summed E-state index contributed by atoms with van der Waals surface area (Å²) in [6.07, 6.45) is 1.49. The molecule has 1 N–H and O–H groups in total. The molecule has 7 heteroatoms. The van der Waals surface area contributed by atoms with Gasteiger partial charge in [0.15, 0.2) is 0 Å². The summed E-state index contributed by atoms with van der Waals surface area (Å²) in [6, 6.07) is 3.83. The van der Waals surface area contributed by atoms with Gasteiger partial charge in [-0.2, -0.15) is 0 Å². The SMILES string of the molecule is CC1CCN(c2ccc([N+](=O)[O-])cc2Br)C(C(=O)O)C1. The van der Waals surface area contributed by atoms with E-state index in [0.29, 0.717) is 29.0 Å². The van der Waals surface area contributed by atoms with Crippen LogP contribution in [0.4, 0.5) is 11.4 Å². The van der Waals surface area contributed by atoms with Crippen molar-refractivity contribution in [1.29, 1.82) is 0 Å². The van der Waals surface area contributed by atoms with Crippen molar-refractivity contribution >= 4 is 33.3 Å².